The van der Waals surface area contributed by atoms with E-state index in [0.29, 0.717) is 0 Å². The molecule has 0 aliphatic rings. The Kier molecular flexibility index (Phi) is 5.08. The minimum Gasteiger partial charge on any atom is -0.378 e. The van der Waals surface area contributed by atoms with Crippen LogP contribution in [0.1, 0.15) is 0 Å². The molecule has 1 aromatic heterocycles. The summed E-state index contributed by atoms with van der Waals surface area (Å²) >= 11 is 0. The second-order valence-corrected chi connectivity index (χ2v) is 2.10. The van der Waals surface area contributed by atoms with Gasteiger partial charge in [0.05, 0.1) is 0 Å². The zero-order chi connectivity index (χ0) is 6.69. The molecule has 0 saturated heterocycles. The Bertz CT molecular complexity index is 174. The number of pyridine rings is 1. The minimum atomic E-state index is 0. The summed E-state index contributed by atoms with van der Waals surface area (Å²) < 4.78 is 0. The molecule has 0 atom stereocenters. The average molecular weight is 281 g/mol. The van der Waals surface area contributed by atoms with Crippen molar-refractivity contribution in [3.05, 3.63) is 24.5 Å². The second-order valence-electron chi connectivity index (χ2n) is 2.10. The zero-order valence-electron chi connectivity index (χ0n) is 6.04. The maximum atomic E-state index is 3.90. The van der Waals surface area contributed by atoms with Gasteiger partial charge in [-0.05, 0) is 12.1 Å². The molecule has 0 fully saturated rings. The molecule has 0 bridgehead atoms. The van der Waals surface area contributed by atoms with E-state index in [2.05, 4.69) is 4.98 Å². The molecule has 3 heteroatoms. The summed E-state index contributed by atoms with van der Waals surface area (Å²) in [5, 5.41) is 0. The molecule has 0 aliphatic carbocycles. The van der Waals surface area contributed by atoms with Gasteiger partial charge in [0, 0.05) is 32.2 Å². The van der Waals surface area contributed by atoms with Crippen molar-refractivity contribution in [2.75, 3.05) is 19.0 Å². The van der Waals surface area contributed by atoms with E-state index in [-0.39, 0.29) is 38.6 Å². The van der Waals surface area contributed by atoms with E-state index in [1.807, 2.05) is 31.1 Å². The van der Waals surface area contributed by atoms with Gasteiger partial charge < -0.3 is 4.90 Å². The number of hydrogen-bond donors (Lipinski definition) is 0. The van der Waals surface area contributed by atoms with Crippen molar-refractivity contribution < 1.29 is 38.6 Å². The van der Waals surface area contributed by atoms with E-state index in [0.717, 1.165) is 0 Å². The molecule has 2 nitrogen and oxygen atoms in total. The summed E-state index contributed by atoms with van der Waals surface area (Å²) in [6.07, 6.45) is 3.57. The van der Waals surface area contributed by atoms with Crippen LogP contribution in [0.4, 0.5) is 5.69 Å². The Morgan fingerprint density at radius 2 is 1.70 bits per heavy atom. The normalized spacial score (nSPS) is 8.20. The molecule has 1 heterocycles. The van der Waals surface area contributed by atoms with Crippen molar-refractivity contribution in [2.45, 2.75) is 0 Å². The first kappa shape index (κ1) is 10.2. The minimum absolute atomic E-state index is 0. The number of nitrogens with zero attached hydrogens (tertiary/aromatic N) is 2. The van der Waals surface area contributed by atoms with E-state index >= 15 is 0 Å². The largest absolute Gasteiger partial charge is 3.00 e. The van der Waals surface area contributed by atoms with Crippen molar-refractivity contribution in [1.29, 1.82) is 0 Å². The van der Waals surface area contributed by atoms with Crippen LogP contribution in [0.25, 0.3) is 0 Å². The fourth-order valence-corrected chi connectivity index (χ4v) is 0.642. The zero-order valence-corrected chi connectivity index (χ0v) is 8.18. The molecule has 54 valence electrons. The van der Waals surface area contributed by atoms with Crippen molar-refractivity contribution in [3.63, 3.8) is 0 Å². The Labute approximate surface area is 92.1 Å². The van der Waals surface area contributed by atoms with Crippen molar-refractivity contribution in [2.24, 2.45) is 0 Å². The van der Waals surface area contributed by atoms with E-state index < -0.39 is 0 Å². The number of anilines is 1. The number of hydrogen-bond acceptors (Lipinski definition) is 2. The van der Waals surface area contributed by atoms with E-state index in [1.54, 1.807) is 12.4 Å². The van der Waals surface area contributed by atoms with Gasteiger partial charge in [-0.15, -0.1) is 0 Å². The van der Waals surface area contributed by atoms with Crippen molar-refractivity contribution in [3.8, 4) is 0 Å². The van der Waals surface area contributed by atoms with Gasteiger partial charge in [0.1, 0.15) is 0 Å². The summed E-state index contributed by atoms with van der Waals surface area (Å²) in [5.41, 5.74) is 1.19. The molecular weight excluding hydrogens is 271 g/mol. The van der Waals surface area contributed by atoms with Crippen LogP contribution in [0, 0.1) is 38.6 Å². The first-order chi connectivity index (χ1) is 4.30. The standard InChI is InChI=1S/C7H10N2.Tb/c1-9(2)7-3-5-8-6-4-7;/h3-6H,1-2H3;/q;+3. The van der Waals surface area contributed by atoms with Gasteiger partial charge in [0.15, 0.2) is 0 Å². The maximum Gasteiger partial charge on any atom is 3.00 e. The number of rotatable bonds is 1. The quantitative estimate of drug-likeness (QED) is 0.767. The Balaban J connectivity index is 0.000000810. The Morgan fingerprint density at radius 3 is 2.00 bits per heavy atom. The molecule has 10 heavy (non-hydrogen) atoms. The van der Waals surface area contributed by atoms with Crippen LogP contribution in [0.15, 0.2) is 24.5 Å². The fraction of sp³-hybridized carbons (Fsp3) is 0.286. The van der Waals surface area contributed by atoms with Crippen LogP contribution >= 0.6 is 0 Å². The van der Waals surface area contributed by atoms with Crippen molar-refractivity contribution in [1.82, 2.24) is 4.98 Å². The van der Waals surface area contributed by atoms with Crippen LogP contribution in [0.3, 0.4) is 0 Å². The molecule has 0 amide bonds. The SMILES string of the molecule is CN(C)c1ccncc1.[Tb+3]. The predicted molar refractivity (Wildman–Crippen MR) is 38.6 cm³/mol. The summed E-state index contributed by atoms with van der Waals surface area (Å²) in [6, 6.07) is 3.94. The van der Waals surface area contributed by atoms with E-state index in [1.165, 1.54) is 5.69 Å². The number of aromatic nitrogens is 1. The van der Waals surface area contributed by atoms with Crippen LogP contribution in [0.5, 0.6) is 0 Å². The molecule has 0 unspecified atom stereocenters. The van der Waals surface area contributed by atoms with Crippen LogP contribution in [-0.2, 0) is 0 Å². The second kappa shape index (κ2) is 4.96. The van der Waals surface area contributed by atoms with Crippen LogP contribution in [-0.4, -0.2) is 19.1 Å². The van der Waals surface area contributed by atoms with Gasteiger partial charge in [-0.3, -0.25) is 4.98 Å². The molecule has 0 saturated carbocycles. The monoisotopic (exact) mass is 281 g/mol. The van der Waals surface area contributed by atoms with Gasteiger partial charge in [-0.25, -0.2) is 0 Å². The Morgan fingerprint density at radius 1 is 1.20 bits per heavy atom. The summed E-state index contributed by atoms with van der Waals surface area (Å²) in [6.45, 7) is 0. The predicted octanol–water partition coefficient (Wildman–Crippen LogP) is 1.15. The molecule has 1 rings (SSSR count). The summed E-state index contributed by atoms with van der Waals surface area (Å²) in [5.74, 6) is 0. The molecule has 0 spiro atoms. The van der Waals surface area contributed by atoms with Gasteiger partial charge in [0.25, 0.3) is 0 Å². The molecular formula is C7H10N2Tb+3. The van der Waals surface area contributed by atoms with Crippen LogP contribution < -0.4 is 4.90 Å². The topological polar surface area (TPSA) is 16.1 Å². The molecule has 0 N–H and O–H groups in total. The van der Waals surface area contributed by atoms with Gasteiger partial charge in [0.2, 0.25) is 0 Å². The van der Waals surface area contributed by atoms with Crippen molar-refractivity contribution >= 4 is 5.69 Å². The summed E-state index contributed by atoms with van der Waals surface area (Å²) in [4.78, 5) is 5.94. The first-order valence-electron chi connectivity index (χ1n) is 2.88. The molecule has 0 aliphatic heterocycles. The molecule has 0 radical (unpaired) electrons. The van der Waals surface area contributed by atoms with Gasteiger partial charge >= 0.3 is 38.6 Å². The third kappa shape index (κ3) is 2.88. The Hall–Kier alpha value is 0.236. The smallest absolute Gasteiger partial charge is 0.378 e. The van der Waals surface area contributed by atoms with Gasteiger partial charge in [-0.1, -0.05) is 0 Å². The summed E-state index contributed by atoms with van der Waals surface area (Å²) in [7, 11) is 4.02. The molecule has 0 aromatic carbocycles. The van der Waals surface area contributed by atoms with E-state index in [4.69, 9.17) is 0 Å². The first-order valence-corrected chi connectivity index (χ1v) is 2.88. The maximum absolute atomic E-state index is 3.90. The third-order valence-electron chi connectivity index (χ3n) is 1.18. The third-order valence-corrected chi connectivity index (χ3v) is 1.18. The molecule has 1 aromatic rings. The van der Waals surface area contributed by atoms with Gasteiger partial charge in [-0.2, -0.15) is 0 Å². The fourth-order valence-electron chi connectivity index (χ4n) is 0.642. The average Bonchev–Trinajstić information content (AvgIpc) is 1.90. The van der Waals surface area contributed by atoms with E-state index in [9.17, 15) is 0 Å². The van der Waals surface area contributed by atoms with Crippen LogP contribution in [0.2, 0.25) is 0 Å².